The zero-order chi connectivity index (χ0) is 9.78. The van der Waals surface area contributed by atoms with Gasteiger partial charge in [0.2, 0.25) is 5.91 Å². The lowest BCUT2D eigenvalue weighted by atomic mass is 10.0. The van der Waals surface area contributed by atoms with E-state index < -0.39 is 5.54 Å². The highest BCUT2D eigenvalue weighted by molar-refractivity contribution is 5.79. The zero-order valence-corrected chi connectivity index (χ0v) is 8.27. The van der Waals surface area contributed by atoms with Crippen molar-refractivity contribution in [2.24, 2.45) is 5.92 Å². The molecule has 1 atom stereocenters. The predicted molar refractivity (Wildman–Crippen MR) is 50.5 cm³/mol. The van der Waals surface area contributed by atoms with E-state index in [0.29, 0.717) is 0 Å². The highest BCUT2D eigenvalue weighted by atomic mass is 16.2. The molecule has 0 aliphatic carbocycles. The first-order valence-electron chi connectivity index (χ1n) is 4.22. The molecule has 1 N–H and O–H groups in total. The minimum absolute atomic E-state index is 0.0282. The number of nitrogens with one attached hydrogen (secondary N) is 1. The molecule has 2 heteroatoms. The first-order chi connectivity index (χ1) is 5.43. The van der Waals surface area contributed by atoms with Crippen LogP contribution in [0, 0.1) is 18.3 Å². The molecule has 0 saturated heterocycles. The topological polar surface area (TPSA) is 29.1 Å². The fourth-order valence-corrected chi connectivity index (χ4v) is 0.653. The van der Waals surface area contributed by atoms with E-state index in [-0.39, 0.29) is 11.8 Å². The van der Waals surface area contributed by atoms with Gasteiger partial charge in [-0.3, -0.25) is 4.79 Å². The largest absolute Gasteiger partial charge is 0.340 e. The second-order valence-electron chi connectivity index (χ2n) is 3.57. The zero-order valence-electron chi connectivity index (χ0n) is 8.27. The molecule has 0 radical (unpaired) electrons. The average molecular weight is 167 g/mol. The summed E-state index contributed by atoms with van der Waals surface area (Å²) in [5, 5.41) is 2.78. The van der Waals surface area contributed by atoms with Crippen molar-refractivity contribution >= 4 is 5.91 Å². The Labute approximate surface area is 74.7 Å². The van der Waals surface area contributed by atoms with Crippen LogP contribution in [0.2, 0.25) is 0 Å². The molecule has 0 aliphatic heterocycles. The van der Waals surface area contributed by atoms with Crippen LogP contribution in [0.5, 0.6) is 0 Å². The molecule has 0 aromatic carbocycles. The van der Waals surface area contributed by atoms with Crippen molar-refractivity contribution in [2.75, 3.05) is 0 Å². The van der Waals surface area contributed by atoms with E-state index in [2.05, 4.69) is 11.2 Å². The molecule has 0 aromatic heterocycles. The molecule has 1 amide bonds. The summed E-state index contributed by atoms with van der Waals surface area (Å²) in [4.78, 5) is 11.3. The van der Waals surface area contributed by atoms with Crippen molar-refractivity contribution in [3.63, 3.8) is 0 Å². The average Bonchev–Trinajstić information content (AvgIpc) is 2.02. The summed E-state index contributed by atoms with van der Waals surface area (Å²) in [6.45, 7) is 7.50. The van der Waals surface area contributed by atoms with Gasteiger partial charge in [0.15, 0.2) is 0 Å². The Morgan fingerprint density at radius 2 is 2.17 bits per heavy atom. The normalized spacial score (nSPS) is 13.2. The molecule has 0 fully saturated rings. The maximum Gasteiger partial charge on any atom is 0.223 e. The number of carbonyl (C=O) groups is 1. The van der Waals surface area contributed by atoms with Crippen molar-refractivity contribution in [1.82, 2.24) is 5.32 Å². The van der Waals surface area contributed by atoms with E-state index in [0.717, 1.165) is 6.42 Å². The third kappa shape index (κ3) is 3.43. The van der Waals surface area contributed by atoms with E-state index in [4.69, 9.17) is 6.42 Å². The van der Waals surface area contributed by atoms with Crippen LogP contribution >= 0.6 is 0 Å². The number of terminal acetylenes is 1. The Hall–Kier alpha value is -0.970. The standard InChI is InChI=1S/C10H17NO/c1-6-8(3)9(12)11-10(4,5)7-2/h2,8H,6H2,1,3-5H3,(H,11,12). The van der Waals surface area contributed by atoms with Gasteiger partial charge in [0.05, 0.1) is 5.54 Å². The lowest BCUT2D eigenvalue weighted by Gasteiger charge is -2.21. The fraction of sp³-hybridized carbons (Fsp3) is 0.700. The van der Waals surface area contributed by atoms with Gasteiger partial charge in [0.1, 0.15) is 0 Å². The Morgan fingerprint density at radius 3 is 2.50 bits per heavy atom. The number of carbonyl (C=O) groups excluding carboxylic acids is 1. The Bertz CT molecular complexity index is 200. The fourth-order valence-electron chi connectivity index (χ4n) is 0.653. The molecule has 0 heterocycles. The first kappa shape index (κ1) is 11.0. The van der Waals surface area contributed by atoms with Crippen molar-refractivity contribution in [3.8, 4) is 12.3 Å². The highest BCUT2D eigenvalue weighted by Gasteiger charge is 2.19. The van der Waals surface area contributed by atoms with E-state index in [1.54, 1.807) is 0 Å². The summed E-state index contributed by atoms with van der Waals surface area (Å²) in [6, 6.07) is 0. The van der Waals surface area contributed by atoms with Gasteiger partial charge >= 0.3 is 0 Å². The molecule has 0 aromatic rings. The second-order valence-corrected chi connectivity index (χ2v) is 3.57. The Kier molecular flexibility index (Phi) is 3.82. The van der Waals surface area contributed by atoms with Crippen LogP contribution in [0.15, 0.2) is 0 Å². The number of hydrogen-bond donors (Lipinski definition) is 1. The van der Waals surface area contributed by atoms with Crippen molar-refractivity contribution < 1.29 is 4.79 Å². The van der Waals surface area contributed by atoms with Crippen LogP contribution < -0.4 is 5.32 Å². The molecule has 68 valence electrons. The van der Waals surface area contributed by atoms with Crippen LogP contribution in [0.3, 0.4) is 0 Å². The van der Waals surface area contributed by atoms with E-state index in [1.807, 2.05) is 27.7 Å². The Morgan fingerprint density at radius 1 is 1.67 bits per heavy atom. The summed E-state index contributed by atoms with van der Waals surface area (Å²) in [7, 11) is 0. The van der Waals surface area contributed by atoms with E-state index in [1.165, 1.54) is 0 Å². The van der Waals surface area contributed by atoms with Crippen molar-refractivity contribution in [1.29, 1.82) is 0 Å². The van der Waals surface area contributed by atoms with Gasteiger partial charge in [0.25, 0.3) is 0 Å². The SMILES string of the molecule is C#CC(C)(C)NC(=O)C(C)CC. The molecule has 0 spiro atoms. The van der Waals surface area contributed by atoms with E-state index >= 15 is 0 Å². The maximum absolute atomic E-state index is 11.3. The van der Waals surface area contributed by atoms with Crippen LogP contribution in [-0.4, -0.2) is 11.4 Å². The van der Waals surface area contributed by atoms with Gasteiger partial charge < -0.3 is 5.32 Å². The molecule has 0 saturated carbocycles. The van der Waals surface area contributed by atoms with E-state index in [9.17, 15) is 4.79 Å². The number of rotatable bonds is 3. The third-order valence-electron chi connectivity index (χ3n) is 1.86. The lowest BCUT2D eigenvalue weighted by Crippen LogP contribution is -2.44. The summed E-state index contributed by atoms with van der Waals surface area (Å²) < 4.78 is 0. The van der Waals surface area contributed by atoms with Crippen LogP contribution in [0.1, 0.15) is 34.1 Å². The minimum Gasteiger partial charge on any atom is -0.340 e. The van der Waals surface area contributed by atoms with Crippen LogP contribution in [-0.2, 0) is 4.79 Å². The molecular weight excluding hydrogens is 150 g/mol. The molecule has 2 nitrogen and oxygen atoms in total. The monoisotopic (exact) mass is 167 g/mol. The summed E-state index contributed by atoms with van der Waals surface area (Å²) in [5.74, 6) is 2.59. The number of hydrogen-bond acceptors (Lipinski definition) is 1. The van der Waals surface area contributed by atoms with Gasteiger partial charge in [-0.05, 0) is 20.3 Å². The quantitative estimate of drug-likeness (QED) is 0.635. The van der Waals surface area contributed by atoms with Gasteiger partial charge in [-0.25, -0.2) is 0 Å². The summed E-state index contributed by atoms with van der Waals surface area (Å²) in [6.07, 6.45) is 6.07. The van der Waals surface area contributed by atoms with Crippen molar-refractivity contribution in [2.45, 2.75) is 39.7 Å². The minimum atomic E-state index is -0.527. The van der Waals surface area contributed by atoms with Gasteiger partial charge in [0, 0.05) is 5.92 Å². The predicted octanol–water partition coefficient (Wildman–Crippen LogP) is 1.56. The van der Waals surface area contributed by atoms with Crippen molar-refractivity contribution in [3.05, 3.63) is 0 Å². The smallest absolute Gasteiger partial charge is 0.223 e. The molecular formula is C10H17NO. The second kappa shape index (κ2) is 4.15. The molecule has 0 rings (SSSR count). The summed E-state index contributed by atoms with van der Waals surface area (Å²) >= 11 is 0. The van der Waals surface area contributed by atoms with Gasteiger partial charge in [-0.1, -0.05) is 19.8 Å². The van der Waals surface area contributed by atoms with Crippen LogP contribution in [0.25, 0.3) is 0 Å². The Balaban J connectivity index is 4.12. The third-order valence-corrected chi connectivity index (χ3v) is 1.86. The lowest BCUT2D eigenvalue weighted by molar-refractivity contribution is -0.125. The highest BCUT2D eigenvalue weighted by Crippen LogP contribution is 2.05. The first-order valence-corrected chi connectivity index (χ1v) is 4.22. The molecule has 12 heavy (non-hydrogen) atoms. The molecule has 0 bridgehead atoms. The molecule has 1 unspecified atom stereocenters. The van der Waals surface area contributed by atoms with Gasteiger partial charge in [-0.2, -0.15) is 0 Å². The van der Waals surface area contributed by atoms with Gasteiger partial charge in [-0.15, -0.1) is 6.42 Å². The number of amides is 1. The van der Waals surface area contributed by atoms with Crippen LogP contribution in [0.4, 0.5) is 0 Å². The molecule has 0 aliphatic rings. The maximum atomic E-state index is 11.3. The summed E-state index contributed by atoms with van der Waals surface area (Å²) in [5.41, 5.74) is -0.527.